The molecule has 0 aliphatic rings. The minimum Gasteiger partial charge on any atom is -0.480 e. The van der Waals surface area contributed by atoms with Crippen LogP contribution in [0.4, 0.5) is 0 Å². The summed E-state index contributed by atoms with van der Waals surface area (Å²) < 4.78 is 0. The van der Waals surface area contributed by atoms with Crippen LogP contribution in [0.5, 0.6) is 0 Å². The summed E-state index contributed by atoms with van der Waals surface area (Å²) in [5, 5.41) is 13.0. The van der Waals surface area contributed by atoms with Crippen molar-refractivity contribution in [3.05, 3.63) is 33.9 Å². The third kappa shape index (κ3) is 3.54. The van der Waals surface area contributed by atoms with E-state index in [1.165, 1.54) is 0 Å². The van der Waals surface area contributed by atoms with E-state index in [9.17, 15) is 14.7 Å². The van der Waals surface area contributed by atoms with Gasteiger partial charge in [0, 0.05) is 15.9 Å². The van der Waals surface area contributed by atoms with Crippen LogP contribution in [0, 0.1) is 5.92 Å². The molecule has 0 aliphatic heterocycles. The van der Waals surface area contributed by atoms with E-state index in [4.69, 9.17) is 23.2 Å². The lowest BCUT2D eigenvalue weighted by atomic mass is 10.0. The Kier molecular flexibility index (Phi) is 4.98. The van der Waals surface area contributed by atoms with Crippen molar-refractivity contribution in [2.45, 2.75) is 26.3 Å². The quantitative estimate of drug-likeness (QED) is 0.774. The SMILES string of the molecule is CC(C)CC(NC(=O)c1[nH]c2ccc(Cl)cc2c1Cl)C(=O)O. The minimum atomic E-state index is -1.07. The number of hydrogen-bond acceptors (Lipinski definition) is 2. The second-order valence-electron chi connectivity index (χ2n) is 5.50. The molecule has 0 saturated heterocycles. The number of benzene rings is 1. The molecule has 0 fully saturated rings. The van der Waals surface area contributed by atoms with Crippen molar-refractivity contribution in [2.24, 2.45) is 5.92 Å². The van der Waals surface area contributed by atoms with Gasteiger partial charge >= 0.3 is 5.97 Å². The highest BCUT2D eigenvalue weighted by atomic mass is 35.5. The predicted octanol–water partition coefficient (Wildman–Crippen LogP) is 3.70. The number of carbonyl (C=O) groups is 2. The maximum atomic E-state index is 12.3. The molecule has 0 bridgehead atoms. The Bertz CT molecular complexity index is 725. The Morgan fingerprint density at radius 3 is 2.59 bits per heavy atom. The number of carbonyl (C=O) groups excluding carboxylic acids is 1. The molecular formula is C15H16Cl2N2O3. The van der Waals surface area contributed by atoms with E-state index in [1.807, 2.05) is 13.8 Å². The number of hydrogen-bond donors (Lipinski definition) is 3. The molecule has 0 aliphatic carbocycles. The summed E-state index contributed by atoms with van der Waals surface area (Å²) in [6.45, 7) is 3.78. The van der Waals surface area contributed by atoms with Crippen LogP contribution in [0.25, 0.3) is 10.9 Å². The lowest BCUT2D eigenvalue weighted by Gasteiger charge is -2.16. The van der Waals surface area contributed by atoms with E-state index in [0.29, 0.717) is 22.3 Å². The molecular weight excluding hydrogens is 327 g/mol. The Morgan fingerprint density at radius 2 is 2.00 bits per heavy atom. The summed E-state index contributed by atoms with van der Waals surface area (Å²) in [5.41, 5.74) is 0.796. The van der Waals surface area contributed by atoms with Gasteiger partial charge in [-0.15, -0.1) is 0 Å². The number of amides is 1. The number of carboxylic acids is 1. The second kappa shape index (κ2) is 6.58. The number of halogens is 2. The molecule has 1 heterocycles. The zero-order chi connectivity index (χ0) is 16.4. The average Bonchev–Trinajstić information content (AvgIpc) is 2.74. The van der Waals surface area contributed by atoms with Crippen molar-refractivity contribution < 1.29 is 14.7 Å². The molecule has 3 N–H and O–H groups in total. The number of nitrogens with one attached hydrogen (secondary N) is 2. The number of aromatic nitrogens is 1. The standard InChI is InChI=1S/C15H16Cl2N2O3/c1-7(2)5-11(15(21)22)19-14(20)13-12(17)9-6-8(16)3-4-10(9)18-13/h3-4,6-7,11,18H,5H2,1-2H3,(H,19,20)(H,21,22). The number of carboxylic acid groups (broad SMARTS) is 1. The van der Waals surface area contributed by atoms with Crippen LogP contribution in [0.3, 0.4) is 0 Å². The third-order valence-electron chi connectivity index (χ3n) is 3.23. The number of rotatable bonds is 5. The molecule has 0 spiro atoms. The fourth-order valence-electron chi connectivity index (χ4n) is 2.21. The summed E-state index contributed by atoms with van der Waals surface area (Å²) in [5.74, 6) is -1.49. The monoisotopic (exact) mass is 342 g/mol. The van der Waals surface area contributed by atoms with Crippen LogP contribution in [-0.4, -0.2) is 28.0 Å². The van der Waals surface area contributed by atoms with Gasteiger partial charge in [0.05, 0.1) is 5.02 Å². The number of aromatic amines is 1. The smallest absolute Gasteiger partial charge is 0.326 e. The third-order valence-corrected chi connectivity index (χ3v) is 3.86. The van der Waals surface area contributed by atoms with Crippen molar-refractivity contribution in [1.82, 2.24) is 10.3 Å². The summed E-state index contributed by atoms with van der Waals surface area (Å²) in [6, 6.07) is 4.08. The van der Waals surface area contributed by atoms with Gasteiger partial charge in [0.15, 0.2) is 0 Å². The van der Waals surface area contributed by atoms with Gasteiger partial charge in [-0.05, 0) is 30.5 Å². The van der Waals surface area contributed by atoms with Gasteiger partial charge in [-0.1, -0.05) is 37.0 Å². The highest BCUT2D eigenvalue weighted by molar-refractivity contribution is 6.39. The van der Waals surface area contributed by atoms with Crippen molar-refractivity contribution >= 4 is 46.0 Å². The Morgan fingerprint density at radius 1 is 1.32 bits per heavy atom. The lowest BCUT2D eigenvalue weighted by molar-refractivity contribution is -0.139. The van der Waals surface area contributed by atoms with Crippen LogP contribution in [0.2, 0.25) is 10.0 Å². The molecule has 2 aromatic rings. The maximum Gasteiger partial charge on any atom is 0.326 e. The molecule has 0 saturated carbocycles. The first kappa shape index (κ1) is 16.6. The molecule has 5 nitrogen and oxygen atoms in total. The Balaban J connectivity index is 2.29. The summed E-state index contributed by atoms with van der Waals surface area (Å²) in [6.07, 6.45) is 0.338. The summed E-state index contributed by atoms with van der Waals surface area (Å²) >= 11 is 12.1. The fraction of sp³-hybridized carbons (Fsp3) is 0.333. The number of fused-ring (bicyclic) bond motifs is 1. The van der Waals surface area contributed by atoms with Crippen molar-refractivity contribution in [2.75, 3.05) is 0 Å². The van der Waals surface area contributed by atoms with Gasteiger partial charge in [-0.3, -0.25) is 4.79 Å². The van der Waals surface area contributed by atoms with E-state index >= 15 is 0 Å². The molecule has 118 valence electrons. The van der Waals surface area contributed by atoms with Crippen molar-refractivity contribution in [3.8, 4) is 0 Å². The van der Waals surface area contributed by atoms with Crippen molar-refractivity contribution in [1.29, 1.82) is 0 Å². The highest BCUT2D eigenvalue weighted by Gasteiger charge is 2.24. The first-order valence-corrected chi connectivity index (χ1v) is 7.55. The molecule has 0 radical (unpaired) electrons. The summed E-state index contributed by atoms with van der Waals surface area (Å²) in [7, 11) is 0. The van der Waals surface area contributed by atoms with Crippen molar-refractivity contribution in [3.63, 3.8) is 0 Å². The molecule has 1 unspecified atom stereocenters. The molecule has 1 amide bonds. The Hall–Kier alpha value is -1.72. The molecule has 1 aromatic carbocycles. The number of aliphatic carboxylic acids is 1. The van der Waals surface area contributed by atoms with E-state index < -0.39 is 17.9 Å². The molecule has 22 heavy (non-hydrogen) atoms. The van der Waals surface area contributed by atoms with Gasteiger partial charge in [0.1, 0.15) is 11.7 Å². The fourth-order valence-corrected chi connectivity index (χ4v) is 2.67. The van der Waals surface area contributed by atoms with Crippen LogP contribution < -0.4 is 5.32 Å². The van der Waals surface area contributed by atoms with Gasteiger partial charge < -0.3 is 15.4 Å². The van der Waals surface area contributed by atoms with Crippen LogP contribution >= 0.6 is 23.2 Å². The largest absolute Gasteiger partial charge is 0.480 e. The zero-order valence-corrected chi connectivity index (χ0v) is 13.6. The predicted molar refractivity (Wildman–Crippen MR) is 86.7 cm³/mol. The van der Waals surface area contributed by atoms with Gasteiger partial charge in [0.2, 0.25) is 0 Å². The van der Waals surface area contributed by atoms with Crippen LogP contribution in [-0.2, 0) is 4.79 Å². The highest BCUT2D eigenvalue weighted by Crippen LogP contribution is 2.29. The van der Waals surface area contributed by atoms with E-state index in [0.717, 1.165) is 0 Å². The van der Waals surface area contributed by atoms with Gasteiger partial charge in [-0.2, -0.15) is 0 Å². The summed E-state index contributed by atoms with van der Waals surface area (Å²) in [4.78, 5) is 26.4. The van der Waals surface area contributed by atoms with E-state index in [2.05, 4.69) is 10.3 Å². The minimum absolute atomic E-state index is 0.133. The topological polar surface area (TPSA) is 82.2 Å². The number of H-pyrrole nitrogens is 1. The second-order valence-corrected chi connectivity index (χ2v) is 6.31. The Labute approximate surface area is 137 Å². The molecule has 1 atom stereocenters. The van der Waals surface area contributed by atoms with E-state index in [-0.39, 0.29) is 16.6 Å². The normalized spacial score (nSPS) is 12.6. The molecule has 1 aromatic heterocycles. The lowest BCUT2D eigenvalue weighted by Crippen LogP contribution is -2.41. The molecule has 7 heteroatoms. The average molecular weight is 343 g/mol. The first-order chi connectivity index (χ1) is 10.3. The van der Waals surface area contributed by atoms with Gasteiger partial charge in [0.25, 0.3) is 5.91 Å². The zero-order valence-electron chi connectivity index (χ0n) is 12.1. The van der Waals surface area contributed by atoms with E-state index in [1.54, 1.807) is 18.2 Å². The van der Waals surface area contributed by atoms with Gasteiger partial charge in [-0.25, -0.2) is 4.79 Å². The first-order valence-electron chi connectivity index (χ1n) is 6.80. The molecule has 2 rings (SSSR count). The maximum absolute atomic E-state index is 12.3. The van der Waals surface area contributed by atoms with Crippen LogP contribution in [0.15, 0.2) is 18.2 Å². The van der Waals surface area contributed by atoms with Crippen LogP contribution in [0.1, 0.15) is 30.8 Å².